The normalized spacial score (nSPS) is 15.6. The first-order valence-electron chi connectivity index (χ1n) is 6.84. The van der Waals surface area contributed by atoms with Gasteiger partial charge >= 0.3 is 0 Å². The smallest absolute Gasteiger partial charge is 0.120 e. The summed E-state index contributed by atoms with van der Waals surface area (Å²) >= 11 is 0. The molecule has 0 spiro atoms. The van der Waals surface area contributed by atoms with Crippen LogP contribution in [-0.2, 0) is 13.0 Å². The predicted molar refractivity (Wildman–Crippen MR) is 77.4 cm³/mol. The highest BCUT2D eigenvalue weighted by atomic mass is 16.3. The van der Waals surface area contributed by atoms with Gasteiger partial charge in [0, 0.05) is 25.8 Å². The molecule has 0 radical (unpaired) electrons. The molecule has 100 valence electrons. The van der Waals surface area contributed by atoms with Crippen LogP contribution >= 0.6 is 0 Å². The fourth-order valence-electron chi connectivity index (χ4n) is 2.64. The number of nitrogens with one attached hydrogen (secondary N) is 1. The fraction of sp³-hybridized carbons (Fsp3) is 0.375. The second kappa shape index (κ2) is 5.10. The molecule has 3 rings (SSSR count). The van der Waals surface area contributed by atoms with Crippen LogP contribution in [0.2, 0.25) is 0 Å². The van der Waals surface area contributed by atoms with Crippen molar-refractivity contribution in [1.29, 1.82) is 0 Å². The SMILES string of the molecule is C[C@@H](NCc1ccc2c(c1)CCN2C)c1ccco1. The van der Waals surface area contributed by atoms with Crippen molar-refractivity contribution in [3.8, 4) is 0 Å². The molecule has 1 N–H and O–H groups in total. The van der Waals surface area contributed by atoms with Gasteiger partial charge in [-0.2, -0.15) is 0 Å². The van der Waals surface area contributed by atoms with Gasteiger partial charge in [-0.1, -0.05) is 12.1 Å². The van der Waals surface area contributed by atoms with Crippen LogP contribution in [0, 0.1) is 0 Å². The molecule has 2 heterocycles. The van der Waals surface area contributed by atoms with Crippen LogP contribution in [0.1, 0.15) is 29.9 Å². The average molecular weight is 256 g/mol. The zero-order valence-electron chi connectivity index (χ0n) is 11.5. The number of furan rings is 1. The standard InChI is InChI=1S/C16H20N2O/c1-12(16-4-3-9-19-16)17-11-13-5-6-15-14(10-13)7-8-18(15)2/h3-6,9-10,12,17H,7-8,11H2,1-2H3/t12-/m1/s1. The summed E-state index contributed by atoms with van der Waals surface area (Å²) in [5.41, 5.74) is 4.18. The molecule has 0 saturated carbocycles. The molecule has 2 aromatic rings. The van der Waals surface area contributed by atoms with E-state index in [0.29, 0.717) is 0 Å². The summed E-state index contributed by atoms with van der Waals surface area (Å²) in [6.45, 7) is 4.13. The lowest BCUT2D eigenvalue weighted by molar-refractivity contribution is 0.430. The Balaban J connectivity index is 1.65. The number of likely N-dealkylation sites (N-methyl/N-ethyl adjacent to an activating group) is 1. The molecule has 1 aliphatic heterocycles. The molecule has 0 fully saturated rings. The van der Waals surface area contributed by atoms with Crippen molar-refractivity contribution >= 4 is 5.69 Å². The molecule has 3 heteroatoms. The molecule has 0 bridgehead atoms. The predicted octanol–water partition coefficient (Wildman–Crippen LogP) is 3.12. The number of fused-ring (bicyclic) bond motifs is 1. The van der Waals surface area contributed by atoms with Crippen molar-refractivity contribution in [2.75, 3.05) is 18.5 Å². The van der Waals surface area contributed by atoms with Gasteiger partial charge in [-0.15, -0.1) is 0 Å². The molecule has 0 saturated heterocycles. The van der Waals surface area contributed by atoms with Crippen LogP contribution in [0.4, 0.5) is 5.69 Å². The lowest BCUT2D eigenvalue weighted by Gasteiger charge is -2.14. The zero-order chi connectivity index (χ0) is 13.2. The second-order valence-corrected chi connectivity index (χ2v) is 5.25. The van der Waals surface area contributed by atoms with Crippen LogP contribution < -0.4 is 10.2 Å². The highest BCUT2D eigenvalue weighted by molar-refractivity contribution is 5.58. The number of rotatable bonds is 4. The van der Waals surface area contributed by atoms with Gasteiger partial charge in [0.25, 0.3) is 0 Å². The molecule has 1 atom stereocenters. The number of anilines is 1. The van der Waals surface area contributed by atoms with E-state index in [4.69, 9.17) is 4.42 Å². The third-order valence-electron chi connectivity index (χ3n) is 3.85. The van der Waals surface area contributed by atoms with Gasteiger partial charge in [-0.05, 0) is 42.7 Å². The third-order valence-corrected chi connectivity index (χ3v) is 3.85. The number of nitrogens with zero attached hydrogens (tertiary/aromatic N) is 1. The molecule has 3 nitrogen and oxygen atoms in total. The van der Waals surface area contributed by atoms with Crippen LogP contribution in [0.5, 0.6) is 0 Å². The molecule has 0 unspecified atom stereocenters. The second-order valence-electron chi connectivity index (χ2n) is 5.25. The van der Waals surface area contributed by atoms with Crippen molar-refractivity contribution in [1.82, 2.24) is 5.32 Å². The van der Waals surface area contributed by atoms with E-state index in [1.54, 1.807) is 6.26 Å². The molecular weight excluding hydrogens is 236 g/mol. The Hall–Kier alpha value is -1.74. The van der Waals surface area contributed by atoms with Crippen molar-refractivity contribution in [2.45, 2.75) is 25.9 Å². The van der Waals surface area contributed by atoms with E-state index in [2.05, 4.69) is 42.4 Å². The Morgan fingerprint density at radius 2 is 2.26 bits per heavy atom. The first-order valence-corrected chi connectivity index (χ1v) is 6.84. The van der Waals surface area contributed by atoms with E-state index in [-0.39, 0.29) is 6.04 Å². The van der Waals surface area contributed by atoms with Gasteiger partial charge in [0.15, 0.2) is 0 Å². The minimum absolute atomic E-state index is 0.242. The number of benzene rings is 1. The lowest BCUT2D eigenvalue weighted by Crippen LogP contribution is -2.17. The number of hydrogen-bond donors (Lipinski definition) is 1. The van der Waals surface area contributed by atoms with Gasteiger partial charge in [-0.25, -0.2) is 0 Å². The van der Waals surface area contributed by atoms with Gasteiger partial charge in [-0.3, -0.25) is 0 Å². The van der Waals surface area contributed by atoms with Crippen LogP contribution in [0.15, 0.2) is 41.0 Å². The fourth-order valence-corrected chi connectivity index (χ4v) is 2.64. The maximum Gasteiger partial charge on any atom is 0.120 e. The van der Waals surface area contributed by atoms with Crippen LogP contribution in [0.3, 0.4) is 0 Å². The minimum Gasteiger partial charge on any atom is -0.468 e. The van der Waals surface area contributed by atoms with E-state index in [0.717, 1.165) is 25.3 Å². The highest BCUT2D eigenvalue weighted by Crippen LogP contribution is 2.27. The Morgan fingerprint density at radius 3 is 3.05 bits per heavy atom. The van der Waals surface area contributed by atoms with E-state index >= 15 is 0 Å². The van der Waals surface area contributed by atoms with E-state index in [9.17, 15) is 0 Å². The summed E-state index contributed by atoms with van der Waals surface area (Å²) in [7, 11) is 2.16. The summed E-state index contributed by atoms with van der Waals surface area (Å²) in [4.78, 5) is 2.32. The summed E-state index contributed by atoms with van der Waals surface area (Å²) in [6.07, 6.45) is 2.88. The topological polar surface area (TPSA) is 28.4 Å². The molecule has 1 aliphatic rings. The van der Waals surface area contributed by atoms with Gasteiger partial charge in [0.1, 0.15) is 5.76 Å². The monoisotopic (exact) mass is 256 g/mol. The van der Waals surface area contributed by atoms with Crippen molar-refractivity contribution in [3.63, 3.8) is 0 Å². The summed E-state index contributed by atoms with van der Waals surface area (Å²) in [6, 6.07) is 10.9. The van der Waals surface area contributed by atoms with Crippen molar-refractivity contribution in [3.05, 3.63) is 53.5 Å². The first kappa shape index (κ1) is 12.3. The first-order chi connectivity index (χ1) is 9.24. The van der Waals surface area contributed by atoms with E-state index in [1.165, 1.54) is 16.8 Å². The maximum absolute atomic E-state index is 5.40. The summed E-state index contributed by atoms with van der Waals surface area (Å²) in [5, 5.41) is 3.50. The van der Waals surface area contributed by atoms with Gasteiger partial charge in [0.05, 0.1) is 12.3 Å². The Kier molecular flexibility index (Phi) is 3.30. The number of hydrogen-bond acceptors (Lipinski definition) is 3. The molecular formula is C16H20N2O. The van der Waals surface area contributed by atoms with Gasteiger partial charge in [0.2, 0.25) is 0 Å². The third kappa shape index (κ3) is 2.51. The van der Waals surface area contributed by atoms with Crippen molar-refractivity contribution < 1.29 is 4.42 Å². The lowest BCUT2D eigenvalue weighted by atomic mass is 10.1. The molecule has 19 heavy (non-hydrogen) atoms. The molecule has 1 aromatic carbocycles. The Bertz CT molecular complexity index is 548. The van der Waals surface area contributed by atoms with E-state index < -0.39 is 0 Å². The summed E-state index contributed by atoms with van der Waals surface area (Å²) < 4.78 is 5.40. The van der Waals surface area contributed by atoms with Crippen LogP contribution in [-0.4, -0.2) is 13.6 Å². The van der Waals surface area contributed by atoms with E-state index in [1.807, 2.05) is 12.1 Å². The highest BCUT2D eigenvalue weighted by Gasteiger charge is 2.15. The molecule has 0 aliphatic carbocycles. The largest absolute Gasteiger partial charge is 0.468 e. The summed E-state index contributed by atoms with van der Waals surface area (Å²) in [5.74, 6) is 0.987. The van der Waals surface area contributed by atoms with Gasteiger partial charge < -0.3 is 14.6 Å². The zero-order valence-corrected chi connectivity index (χ0v) is 11.5. The average Bonchev–Trinajstić information content (AvgIpc) is 3.06. The quantitative estimate of drug-likeness (QED) is 0.911. The molecule has 0 amide bonds. The van der Waals surface area contributed by atoms with Crippen molar-refractivity contribution in [2.24, 2.45) is 0 Å². The maximum atomic E-state index is 5.40. The molecule has 1 aromatic heterocycles. The minimum atomic E-state index is 0.242. The Labute approximate surface area is 114 Å². The Morgan fingerprint density at radius 1 is 1.37 bits per heavy atom. The van der Waals surface area contributed by atoms with Crippen LogP contribution in [0.25, 0.3) is 0 Å².